The third kappa shape index (κ3) is 3.04. The molecule has 0 saturated heterocycles. The van der Waals surface area contributed by atoms with Gasteiger partial charge in [-0.05, 0) is 18.2 Å². The van der Waals surface area contributed by atoms with Crippen LogP contribution in [0.1, 0.15) is 26.5 Å². The number of methoxy groups -OCH3 is 1. The van der Waals surface area contributed by atoms with Gasteiger partial charge >= 0.3 is 0 Å². The highest BCUT2D eigenvalue weighted by Crippen LogP contribution is 2.30. The van der Waals surface area contributed by atoms with Crippen molar-refractivity contribution in [2.75, 3.05) is 7.11 Å². The van der Waals surface area contributed by atoms with E-state index >= 15 is 0 Å². The zero-order chi connectivity index (χ0) is 14.0. The molecule has 0 aliphatic rings. The van der Waals surface area contributed by atoms with Crippen molar-refractivity contribution in [3.8, 4) is 17.1 Å². The number of para-hydroxylation sites is 1. The zero-order valence-electron chi connectivity index (χ0n) is 11.6. The summed E-state index contributed by atoms with van der Waals surface area (Å²) in [4.78, 5) is 8.91. The molecule has 0 aliphatic heterocycles. The minimum atomic E-state index is -0.0800. The van der Waals surface area contributed by atoms with Crippen LogP contribution in [0.4, 0.5) is 0 Å². The zero-order valence-corrected chi connectivity index (χ0v) is 12.3. The van der Waals surface area contributed by atoms with E-state index in [9.17, 15) is 0 Å². The second-order valence-electron chi connectivity index (χ2n) is 5.35. The van der Waals surface area contributed by atoms with Crippen LogP contribution in [0.25, 0.3) is 11.4 Å². The van der Waals surface area contributed by atoms with Crippen LogP contribution in [0.3, 0.4) is 0 Å². The largest absolute Gasteiger partial charge is 0.496 e. The summed E-state index contributed by atoms with van der Waals surface area (Å²) in [6.45, 7) is 6.28. The third-order valence-corrected chi connectivity index (χ3v) is 3.00. The lowest BCUT2D eigenvalue weighted by Crippen LogP contribution is -2.14. The van der Waals surface area contributed by atoms with Crippen molar-refractivity contribution in [1.29, 1.82) is 0 Å². The molecule has 0 saturated carbocycles. The van der Waals surface area contributed by atoms with Gasteiger partial charge in [-0.2, -0.15) is 0 Å². The molecule has 2 rings (SSSR count). The van der Waals surface area contributed by atoms with Gasteiger partial charge in [-0.1, -0.05) is 44.5 Å². The molecule has 0 unspecified atom stereocenters. The molecule has 0 amide bonds. The van der Waals surface area contributed by atoms with E-state index in [1.807, 2.05) is 24.3 Å². The maximum absolute atomic E-state index is 6.11. The molecule has 0 spiro atoms. The average molecular weight is 277 g/mol. The minimum Gasteiger partial charge on any atom is -0.496 e. The lowest BCUT2D eigenvalue weighted by molar-refractivity contribution is 0.416. The van der Waals surface area contributed by atoms with Gasteiger partial charge in [0.2, 0.25) is 0 Å². The first-order chi connectivity index (χ1) is 8.91. The molecular weight excluding hydrogens is 260 g/mol. The number of ether oxygens (including phenoxy) is 1. The first kappa shape index (κ1) is 13.8. The van der Waals surface area contributed by atoms with Crippen LogP contribution in [0.2, 0.25) is 5.15 Å². The molecule has 0 atom stereocenters. The highest BCUT2D eigenvalue weighted by atomic mass is 35.5. The van der Waals surface area contributed by atoms with Crippen molar-refractivity contribution in [3.05, 3.63) is 41.2 Å². The first-order valence-corrected chi connectivity index (χ1v) is 6.48. The SMILES string of the molecule is COc1ccccc1-c1nc(Cl)cc(C(C)(C)C)n1. The number of hydrogen-bond donors (Lipinski definition) is 0. The van der Waals surface area contributed by atoms with Crippen molar-refractivity contribution in [2.24, 2.45) is 0 Å². The summed E-state index contributed by atoms with van der Waals surface area (Å²) in [7, 11) is 1.63. The molecule has 1 aromatic carbocycles. The fourth-order valence-corrected chi connectivity index (χ4v) is 1.94. The van der Waals surface area contributed by atoms with E-state index in [-0.39, 0.29) is 5.41 Å². The van der Waals surface area contributed by atoms with E-state index in [4.69, 9.17) is 16.3 Å². The minimum absolute atomic E-state index is 0.0800. The van der Waals surface area contributed by atoms with Gasteiger partial charge in [0, 0.05) is 5.41 Å². The quantitative estimate of drug-likeness (QED) is 0.775. The Morgan fingerprint density at radius 1 is 1.11 bits per heavy atom. The van der Waals surface area contributed by atoms with Crippen LogP contribution in [0.15, 0.2) is 30.3 Å². The molecule has 0 fully saturated rings. The molecule has 0 aliphatic carbocycles. The monoisotopic (exact) mass is 276 g/mol. The van der Waals surface area contributed by atoms with Crippen molar-refractivity contribution in [1.82, 2.24) is 9.97 Å². The van der Waals surface area contributed by atoms with Gasteiger partial charge in [-0.3, -0.25) is 0 Å². The van der Waals surface area contributed by atoms with E-state index in [1.165, 1.54) is 0 Å². The topological polar surface area (TPSA) is 35.0 Å². The number of halogens is 1. The van der Waals surface area contributed by atoms with E-state index in [2.05, 4.69) is 30.7 Å². The number of aromatic nitrogens is 2. The summed E-state index contributed by atoms with van der Waals surface area (Å²) < 4.78 is 5.34. The van der Waals surface area contributed by atoms with Crippen molar-refractivity contribution >= 4 is 11.6 Å². The van der Waals surface area contributed by atoms with Crippen molar-refractivity contribution < 1.29 is 4.74 Å². The molecule has 2 aromatic rings. The maximum atomic E-state index is 6.11. The second-order valence-corrected chi connectivity index (χ2v) is 5.74. The van der Waals surface area contributed by atoms with Crippen LogP contribution in [-0.4, -0.2) is 17.1 Å². The molecule has 1 aromatic heterocycles. The fourth-order valence-electron chi connectivity index (χ4n) is 1.75. The molecule has 100 valence electrons. The Balaban J connectivity index is 2.60. The molecule has 3 nitrogen and oxygen atoms in total. The van der Waals surface area contributed by atoms with Crippen LogP contribution in [0, 0.1) is 0 Å². The standard InChI is InChI=1S/C15H17ClN2O/c1-15(2,3)12-9-13(16)18-14(17-12)10-7-5-6-8-11(10)19-4/h5-9H,1-4H3. The predicted octanol–water partition coefficient (Wildman–Crippen LogP) is 4.10. The van der Waals surface area contributed by atoms with Gasteiger partial charge in [0.05, 0.1) is 18.4 Å². The predicted molar refractivity (Wildman–Crippen MR) is 77.7 cm³/mol. The number of benzene rings is 1. The van der Waals surface area contributed by atoms with Crippen LogP contribution >= 0.6 is 11.6 Å². The Morgan fingerprint density at radius 3 is 2.42 bits per heavy atom. The maximum Gasteiger partial charge on any atom is 0.164 e. The Labute approximate surface area is 118 Å². The van der Waals surface area contributed by atoms with Crippen molar-refractivity contribution in [3.63, 3.8) is 0 Å². The Morgan fingerprint density at radius 2 is 1.79 bits per heavy atom. The molecule has 1 heterocycles. The molecule has 4 heteroatoms. The summed E-state index contributed by atoms with van der Waals surface area (Å²) in [6.07, 6.45) is 0. The van der Waals surface area contributed by atoms with Gasteiger partial charge in [0.25, 0.3) is 0 Å². The Kier molecular flexibility index (Phi) is 3.76. The summed E-state index contributed by atoms with van der Waals surface area (Å²) in [5, 5.41) is 0.445. The third-order valence-electron chi connectivity index (χ3n) is 2.81. The lowest BCUT2D eigenvalue weighted by Gasteiger charge is -2.18. The van der Waals surface area contributed by atoms with E-state index in [0.717, 1.165) is 17.0 Å². The molecule has 0 bridgehead atoms. The van der Waals surface area contributed by atoms with Gasteiger partial charge in [-0.15, -0.1) is 0 Å². The van der Waals surface area contributed by atoms with Gasteiger partial charge in [0.1, 0.15) is 10.9 Å². The van der Waals surface area contributed by atoms with Crippen molar-refractivity contribution in [2.45, 2.75) is 26.2 Å². The molecular formula is C15H17ClN2O. The Hall–Kier alpha value is -1.61. The van der Waals surface area contributed by atoms with E-state index in [1.54, 1.807) is 13.2 Å². The normalized spacial score (nSPS) is 11.4. The second kappa shape index (κ2) is 5.17. The summed E-state index contributed by atoms with van der Waals surface area (Å²) >= 11 is 6.11. The lowest BCUT2D eigenvalue weighted by atomic mass is 9.92. The highest BCUT2D eigenvalue weighted by molar-refractivity contribution is 6.29. The van der Waals surface area contributed by atoms with Gasteiger partial charge < -0.3 is 4.74 Å². The number of hydrogen-bond acceptors (Lipinski definition) is 3. The summed E-state index contributed by atoms with van der Waals surface area (Å²) in [6, 6.07) is 9.46. The summed E-state index contributed by atoms with van der Waals surface area (Å²) in [5.74, 6) is 1.33. The average Bonchev–Trinajstić information content (AvgIpc) is 2.37. The van der Waals surface area contributed by atoms with Crippen LogP contribution in [-0.2, 0) is 5.41 Å². The van der Waals surface area contributed by atoms with E-state index < -0.39 is 0 Å². The molecule has 0 N–H and O–H groups in total. The molecule has 0 radical (unpaired) electrons. The smallest absolute Gasteiger partial charge is 0.164 e. The summed E-state index contributed by atoms with van der Waals surface area (Å²) in [5.41, 5.74) is 1.68. The first-order valence-electron chi connectivity index (χ1n) is 6.10. The molecule has 19 heavy (non-hydrogen) atoms. The van der Waals surface area contributed by atoms with Gasteiger partial charge in [0.15, 0.2) is 5.82 Å². The fraction of sp³-hybridized carbons (Fsp3) is 0.333. The van der Waals surface area contributed by atoms with Crippen LogP contribution in [0.5, 0.6) is 5.75 Å². The van der Waals surface area contributed by atoms with Crippen LogP contribution < -0.4 is 4.74 Å². The Bertz CT molecular complexity index is 591. The number of rotatable bonds is 2. The number of nitrogens with zero attached hydrogens (tertiary/aromatic N) is 2. The van der Waals surface area contributed by atoms with E-state index in [0.29, 0.717) is 11.0 Å². The van der Waals surface area contributed by atoms with Gasteiger partial charge in [-0.25, -0.2) is 9.97 Å². The highest BCUT2D eigenvalue weighted by Gasteiger charge is 2.19.